The second-order valence-corrected chi connectivity index (χ2v) is 6.44. The molecule has 1 aromatic carbocycles. The Morgan fingerprint density at radius 1 is 1.25 bits per heavy atom. The number of ether oxygens (including phenoxy) is 1. The fraction of sp³-hybridized carbons (Fsp3) is 0.273. The van der Waals surface area contributed by atoms with Gasteiger partial charge in [0.15, 0.2) is 5.65 Å². The molecule has 2 heterocycles. The van der Waals surface area contributed by atoms with Crippen molar-refractivity contribution in [1.82, 2.24) is 9.38 Å². The predicted molar refractivity (Wildman–Crippen MR) is 112 cm³/mol. The van der Waals surface area contributed by atoms with E-state index in [1.165, 1.54) is 0 Å². The molecule has 0 aliphatic carbocycles. The molecule has 144 valence electrons. The van der Waals surface area contributed by atoms with Crippen LogP contribution in [0.15, 0.2) is 36.5 Å². The second kappa shape index (κ2) is 8.49. The summed E-state index contributed by atoms with van der Waals surface area (Å²) in [5.74, 6) is 2.69. The topological polar surface area (TPSA) is 67.7 Å². The number of anilines is 2. The number of aryl methyl sites for hydroxylation is 2. The monoisotopic (exact) mass is 376 g/mol. The number of hydrogen-bond donors (Lipinski definition) is 2. The molecule has 1 amide bonds. The second-order valence-electron chi connectivity index (χ2n) is 6.44. The summed E-state index contributed by atoms with van der Waals surface area (Å²) in [6.07, 6.45) is 7.53. The number of carbonyl (C=O) groups excluding carboxylic acids is 1. The van der Waals surface area contributed by atoms with E-state index >= 15 is 0 Å². The maximum absolute atomic E-state index is 11.8. The van der Waals surface area contributed by atoms with E-state index in [9.17, 15) is 4.79 Å². The van der Waals surface area contributed by atoms with Crippen molar-refractivity contribution < 1.29 is 9.53 Å². The van der Waals surface area contributed by atoms with Crippen LogP contribution in [0.3, 0.4) is 0 Å². The number of carbonyl (C=O) groups is 1. The van der Waals surface area contributed by atoms with Gasteiger partial charge in [0.25, 0.3) is 0 Å². The van der Waals surface area contributed by atoms with Crippen molar-refractivity contribution in [3.63, 3.8) is 0 Å². The zero-order valence-electron chi connectivity index (χ0n) is 16.4. The molecule has 0 aliphatic rings. The van der Waals surface area contributed by atoms with Gasteiger partial charge in [0.05, 0.1) is 30.1 Å². The number of pyridine rings is 1. The Labute approximate surface area is 164 Å². The zero-order chi connectivity index (χ0) is 20.1. The lowest BCUT2D eigenvalue weighted by Crippen LogP contribution is -2.16. The lowest BCUT2D eigenvalue weighted by Gasteiger charge is -2.15. The van der Waals surface area contributed by atoms with Crippen molar-refractivity contribution in [2.45, 2.75) is 33.7 Å². The summed E-state index contributed by atoms with van der Waals surface area (Å²) in [5.41, 5.74) is 6.46. The Hall–Kier alpha value is -3.46. The summed E-state index contributed by atoms with van der Waals surface area (Å²) in [6.45, 7) is 6.61. The largest absolute Gasteiger partial charge is 0.450 e. The Morgan fingerprint density at radius 2 is 2.04 bits per heavy atom. The third-order valence-electron chi connectivity index (χ3n) is 4.60. The SMILES string of the molecule is C#CCc1c(C)nc2c(NCc3c(C)cccc3NC(=O)OCC)cccn12. The van der Waals surface area contributed by atoms with Crippen LogP contribution in [0.25, 0.3) is 5.65 Å². The molecule has 0 saturated carbocycles. The number of amides is 1. The van der Waals surface area contributed by atoms with Gasteiger partial charge in [-0.15, -0.1) is 12.3 Å². The van der Waals surface area contributed by atoms with Gasteiger partial charge in [-0.05, 0) is 50.1 Å². The molecule has 0 saturated heterocycles. The van der Waals surface area contributed by atoms with Crippen LogP contribution in [-0.2, 0) is 17.7 Å². The molecule has 0 unspecified atom stereocenters. The minimum Gasteiger partial charge on any atom is -0.450 e. The van der Waals surface area contributed by atoms with Gasteiger partial charge in [-0.3, -0.25) is 5.32 Å². The van der Waals surface area contributed by atoms with E-state index in [0.717, 1.165) is 39.5 Å². The third-order valence-corrected chi connectivity index (χ3v) is 4.60. The Kier molecular flexibility index (Phi) is 5.85. The highest BCUT2D eigenvalue weighted by Gasteiger charge is 2.13. The predicted octanol–water partition coefficient (Wildman–Crippen LogP) is 4.31. The van der Waals surface area contributed by atoms with Gasteiger partial charge in [0.1, 0.15) is 0 Å². The first kappa shape index (κ1) is 19.3. The highest BCUT2D eigenvalue weighted by Crippen LogP contribution is 2.24. The van der Waals surface area contributed by atoms with Crippen molar-refractivity contribution in [2.75, 3.05) is 17.2 Å². The lowest BCUT2D eigenvalue weighted by molar-refractivity contribution is 0.168. The summed E-state index contributed by atoms with van der Waals surface area (Å²) in [6, 6.07) is 9.74. The number of nitrogens with one attached hydrogen (secondary N) is 2. The molecule has 6 nitrogen and oxygen atoms in total. The molecule has 2 aromatic heterocycles. The van der Waals surface area contributed by atoms with E-state index in [4.69, 9.17) is 11.2 Å². The van der Waals surface area contributed by atoms with Crippen LogP contribution in [0, 0.1) is 26.2 Å². The summed E-state index contributed by atoms with van der Waals surface area (Å²) in [5, 5.41) is 6.26. The van der Waals surface area contributed by atoms with Crippen molar-refractivity contribution in [3.8, 4) is 12.3 Å². The smallest absolute Gasteiger partial charge is 0.411 e. The van der Waals surface area contributed by atoms with Gasteiger partial charge in [-0.1, -0.05) is 12.1 Å². The maximum Gasteiger partial charge on any atom is 0.411 e. The summed E-state index contributed by atoms with van der Waals surface area (Å²) in [4.78, 5) is 16.5. The van der Waals surface area contributed by atoms with Gasteiger partial charge in [0, 0.05) is 18.4 Å². The highest BCUT2D eigenvalue weighted by molar-refractivity contribution is 5.86. The number of rotatable bonds is 6. The maximum atomic E-state index is 11.8. The Balaban J connectivity index is 1.88. The van der Waals surface area contributed by atoms with Gasteiger partial charge >= 0.3 is 6.09 Å². The van der Waals surface area contributed by atoms with E-state index in [1.54, 1.807) is 6.92 Å². The van der Waals surface area contributed by atoms with Gasteiger partial charge in [-0.25, -0.2) is 9.78 Å². The fourth-order valence-corrected chi connectivity index (χ4v) is 3.19. The molecule has 0 aliphatic heterocycles. The van der Waals surface area contributed by atoms with Crippen molar-refractivity contribution >= 4 is 23.1 Å². The number of nitrogens with zero attached hydrogens (tertiary/aromatic N) is 2. The average Bonchev–Trinajstić information content (AvgIpc) is 2.98. The van der Waals surface area contributed by atoms with Crippen LogP contribution in [0.5, 0.6) is 0 Å². The molecule has 0 atom stereocenters. The van der Waals surface area contributed by atoms with Crippen LogP contribution >= 0.6 is 0 Å². The minimum absolute atomic E-state index is 0.326. The number of aromatic nitrogens is 2. The minimum atomic E-state index is -0.459. The number of benzene rings is 1. The molecule has 2 N–H and O–H groups in total. The van der Waals surface area contributed by atoms with Gasteiger partial charge < -0.3 is 14.5 Å². The van der Waals surface area contributed by atoms with Crippen LogP contribution in [-0.4, -0.2) is 22.1 Å². The van der Waals surface area contributed by atoms with E-state index in [0.29, 0.717) is 19.6 Å². The first-order valence-electron chi connectivity index (χ1n) is 9.21. The van der Waals surface area contributed by atoms with Crippen LogP contribution in [0.4, 0.5) is 16.2 Å². The van der Waals surface area contributed by atoms with Gasteiger partial charge in [-0.2, -0.15) is 0 Å². The van der Waals surface area contributed by atoms with E-state index in [1.807, 2.05) is 54.8 Å². The number of fused-ring (bicyclic) bond motifs is 1. The average molecular weight is 376 g/mol. The molecule has 6 heteroatoms. The van der Waals surface area contributed by atoms with E-state index in [2.05, 4.69) is 21.5 Å². The molecular weight excluding hydrogens is 352 g/mol. The first-order chi connectivity index (χ1) is 13.5. The Bertz CT molecular complexity index is 1050. The standard InChI is InChI=1S/C22H24N4O2/c1-5-9-20-16(4)24-21-19(12-8-13-26(20)21)23-14-17-15(3)10-7-11-18(17)25-22(27)28-6-2/h1,7-8,10-13,23H,6,9,14H2,2-4H3,(H,25,27). The molecule has 3 aromatic rings. The zero-order valence-corrected chi connectivity index (χ0v) is 16.4. The highest BCUT2D eigenvalue weighted by atomic mass is 16.5. The number of hydrogen-bond acceptors (Lipinski definition) is 4. The quantitative estimate of drug-likeness (QED) is 0.629. The lowest BCUT2D eigenvalue weighted by atomic mass is 10.1. The molecule has 3 rings (SSSR count). The summed E-state index contributed by atoms with van der Waals surface area (Å²) >= 11 is 0. The van der Waals surface area contributed by atoms with Crippen LogP contribution in [0.2, 0.25) is 0 Å². The van der Waals surface area contributed by atoms with Crippen LogP contribution in [0.1, 0.15) is 29.4 Å². The molecular formula is C22H24N4O2. The summed E-state index contributed by atoms with van der Waals surface area (Å²) < 4.78 is 7.02. The summed E-state index contributed by atoms with van der Waals surface area (Å²) in [7, 11) is 0. The molecule has 28 heavy (non-hydrogen) atoms. The van der Waals surface area contributed by atoms with Gasteiger partial charge in [0.2, 0.25) is 0 Å². The van der Waals surface area contributed by atoms with E-state index < -0.39 is 6.09 Å². The molecule has 0 radical (unpaired) electrons. The number of terminal acetylenes is 1. The number of imidazole rings is 1. The van der Waals surface area contributed by atoms with Crippen molar-refractivity contribution in [1.29, 1.82) is 0 Å². The normalized spacial score (nSPS) is 10.5. The van der Waals surface area contributed by atoms with Crippen LogP contribution < -0.4 is 10.6 Å². The first-order valence-corrected chi connectivity index (χ1v) is 9.21. The fourth-order valence-electron chi connectivity index (χ4n) is 3.19. The van der Waals surface area contributed by atoms with E-state index in [-0.39, 0.29) is 0 Å². The van der Waals surface area contributed by atoms with Crippen molar-refractivity contribution in [3.05, 3.63) is 59.0 Å². The molecule has 0 fully saturated rings. The molecule has 0 bridgehead atoms. The Morgan fingerprint density at radius 3 is 2.79 bits per heavy atom. The molecule has 0 spiro atoms. The third kappa shape index (κ3) is 3.94. The van der Waals surface area contributed by atoms with Crippen molar-refractivity contribution in [2.24, 2.45) is 0 Å².